The third kappa shape index (κ3) is 3.89. The largest absolute Gasteiger partial charge is 0.397 e. The van der Waals surface area contributed by atoms with Gasteiger partial charge >= 0.3 is 0 Å². The van der Waals surface area contributed by atoms with Crippen molar-refractivity contribution >= 4 is 17.1 Å². The van der Waals surface area contributed by atoms with Crippen LogP contribution in [0.3, 0.4) is 0 Å². The number of nitrogens with zero attached hydrogens (tertiary/aromatic N) is 1. The summed E-state index contributed by atoms with van der Waals surface area (Å²) in [5, 5.41) is 22.9. The molecular weight excluding hydrogens is 234 g/mol. The molecule has 0 saturated heterocycles. The first-order chi connectivity index (χ1) is 8.43. The molecule has 1 unspecified atom stereocenters. The SMILES string of the molecule is CC(C)CC(CO)Nc1ccc([N+](=O)[O-])cc1N. The molecule has 0 bridgehead atoms. The number of non-ortho nitro benzene ring substituents is 1. The first-order valence-electron chi connectivity index (χ1n) is 5.85. The van der Waals surface area contributed by atoms with Crippen molar-refractivity contribution in [2.45, 2.75) is 26.3 Å². The van der Waals surface area contributed by atoms with Gasteiger partial charge in [0.15, 0.2) is 0 Å². The molecule has 0 aliphatic carbocycles. The average molecular weight is 253 g/mol. The zero-order valence-corrected chi connectivity index (χ0v) is 10.6. The Bertz CT molecular complexity index is 421. The van der Waals surface area contributed by atoms with E-state index in [1.54, 1.807) is 6.07 Å². The number of rotatable bonds is 6. The first kappa shape index (κ1) is 14.2. The van der Waals surface area contributed by atoms with Crippen molar-refractivity contribution in [1.29, 1.82) is 0 Å². The Morgan fingerprint density at radius 2 is 2.17 bits per heavy atom. The quantitative estimate of drug-likeness (QED) is 0.409. The highest BCUT2D eigenvalue weighted by Gasteiger charge is 2.13. The molecule has 18 heavy (non-hydrogen) atoms. The highest BCUT2D eigenvalue weighted by Crippen LogP contribution is 2.25. The van der Waals surface area contributed by atoms with Gasteiger partial charge in [0.1, 0.15) is 0 Å². The zero-order valence-electron chi connectivity index (χ0n) is 10.6. The van der Waals surface area contributed by atoms with Crippen molar-refractivity contribution in [3.63, 3.8) is 0 Å². The van der Waals surface area contributed by atoms with E-state index in [-0.39, 0.29) is 18.3 Å². The predicted molar refractivity (Wildman–Crippen MR) is 71.5 cm³/mol. The zero-order chi connectivity index (χ0) is 13.7. The van der Waals surface area contributed by atoms with Crippen LogP contribution in [0.4, 0.5) is 17.1 Å². The van der Waals surface area contributed by atoms with Crippen LogP contribution in [0.15, 0.2) is 18.2 Å². The molecule has 6 nitrogen and oxygen atoms in total. The van der Waals surface area contributed by atoms with Gasteiger partial charge in [0.25, 0.3) is 5.69 Å². The normalized spacial score (nSPS) is 12.4. The number of hydrogen-bond donors (Lipinski definition) is 3. The minimum absolute atomic E-state index is 0.00535. The third-order valence-electron chi connectivity index (χ3n) is 2.58. The maximum Gasteiger partial charge on any atom is 0.271 e. The van der Waals surface area contributed by atoms with Crippen molar-refractivity contribution in [1.82, 2.24) is 0 Å². The monoisotopic (exact) mass is 253 g/mol. The molecule has 0 radical (unpaired) electrons. The molecule has 0 amide bonds. The van der Waals surface area contributed by atoms with E-state index in [1.165, 1.54) is 12.1 Å². The second-order valence-corrected chi connectivity index (χ2v) is 4.68. The van der Waals surface area contributed by atoms with Gasteiger partial charge in [-0.3, -0.25) is 10.1 Å². The molecule has 1 rings (SSSR count). The molecular formula is C12H19N3O3. The van der Waals surface area contributed by atoms with E-state index in [4.69, 9.17) is 5.73 Å². The summed E-state index contributed by atoms with van der Waals surface area (Å²) in [5.41, 5.74) is 6.63. The maximum absolute atomic E-state index is 10.6. The first-order valence-corrected chi connectivity index (χ1v) is 5.85. The number of aliphatic hydroxyl groups excluding tert-OH is 1. The minimum Gasteiger partial charge on any atom is -0.397 e. The van der Waals surface area contributed by atoms with Crippen molar-refractivity contribution < 1.29 is 10.0 Å². The van der Waals surface area contributed by atoms with Gasteiger partial charge in [-0.25, -0.2) is 0 Å². The van der Waals surface area contributed by atoms with Gasteiger partial charge in [-0.2, -0.15) is 0 Å². The minimum atomic E-state index is -0.488. The molecule has 0 aromatic heterocycles. The Hall–Kier alpha value is -1.82. The summed E-state index contributed by atoms with van der Waals surface area (Å²) >= 11 is 0. The molecule has 1 aromatic rings. The van der Waals surface area contributed by atoms with Crippen LogP contribution in [0.2, 0.25) is 0 Å². The summed E-state index contributed by atoms with van der Waals surface area (Å²) in [6, 6.07) is 4.17. The molecule has 0 saturated carbocycles. The van der Waals surface area contributed by atoms with E-state index >= 15 is 0 Å². The van der Waals surface area contributed by atoms with E-state index in [1.807, 2.05) is 0 Å². The number of nitro groups is 1. The summed E-state index contributed by atoms with van der Waals surface area (Å²) in [4.78, 5) is 10.1. The number of nitrogens with one attached hydrogen (secondary N) is 1. The van der Waals surface area contributed by atoms with Gasteiger partial charge in [-0.15, -0.1) is 0 Å². The van der Waals surface area contributed by atoms with Gasteiger partial charge in [0.2, 0.25) is 0 Å². The number of hydrogen-bond acceptors (Lipinski definition) is 5. The lowest BCUT2D eigenvalue weighted by atomic mass is 10.0. The topological polar surface area (TPSA) is 101 Å². The van der Waals surface area contributed by atoms with Gasteiger partial charge < -0.3 is 16.2 Å². The van der Waals surface area contributed by atoms with E-state index in [0.717, 1.165) is 6.42 Å². The van der Waals surface area contributed by atoms with Crippen LogP contribution in [-0.4, -0.2) is 22.7 Å². The van der Waals surface area contributed by atoms with Gasteiger partial charge in [0.05, 0.1) is 22.9 Å². The van der Waals surface area contributed by atoms with Crippen LogP contribution in [0.25, 0.3) is 0 Å². The number of nitro benzene ring substituents is 1. The number of benzene rings is 1. The molecule has 0 aliphatic rings. The second-order valence-electron chi connectivity index (χ2n) is 4.68. The Labute approximate surface area is 106 Å². The summed E-state index contributed by atoms with van der Waals surface area (Å²) in [6.45, 7) is 4.11. The fourth-order valence-corrected chi connectivity index (χ4v) is 1.76. The van der Waals surface area contributed by atoms with Crippen LogP contribution in [-0.2, 0) is 0 Å². The number of anilines is 2. The van der Waals surface area contributed by atoms with E-state index in [2.05, 4.69) is 19.2 Å². The molecule has 4 N–H and O–H groups in total. The number of nitrogen functional groups attached to an aromatic ring is 1. The maximum atomic E-state index is 10.6. The number of aliphatic hydroxyl groups is 1. The lowest BCUT2D eigenvalue weighted by Gasteiger charge is -2.20. The van der Waals surface area contributed by atoms with Crippen LogP contribution >= 0.6 is 0 Å². The highest BCUT2D eigenvalue weighted by atomic mass is 16.6. The predicted octanol–water partition coefficient (Wildman–Crippen LogP) is 2.00. The standard InChI is InChI=1S/C12H19N3O3/c1-8(2)5-9(7-16)14-12-4-3-10(15(17)18)6-11(12)13/h3-4,6,8-9,14,16H,5,7,13H2,1-2H3. The molecule has 0 spiro atoms. The molecule has 0 aliphatic heterocycles. The van der Waals surface area contributed by atoms with Crippen molar-refractivity contribution in [3.05, 3.63) is 28.3 Å². The lowest BCUT2D eigenvalue weighted by molar-refractivity contribution is -0.384. The van der Waals surface area contributed by atoms with Crippen LogP contribution in [0, 0.1) is 16.0 Å². The van der Waals surface area contributed by atoms with Crippen LogP contribution in [0.1, 0.15) is 20.3 Å². The summed E-state index contributed by atoms with van der Waals surface area (Å²) in [7, 11) is 0. The fourth-order valence-electron chi connectivity index (χ4n) is 1.76. The van der Waals surface area contributed by atoms with Crippen molar-refractivity contribution in [2.75, 3.05) is 17.7 Å². The van der Waals surface area contributed by atoms with Gasteiger partial charge in [0, 0.05) is 18.2 Å². The third-order valence-corrected chi connectivity index (χ3v) is 2.58. The van der Waals surface area contributed by atoms with Crippen molar-refractivity contribution in [3.8, 4) is 0 Å². The van der Waals surface area contributed by atoms with E-state index < -0.39 is 4.92 Å². The highest BCUT2D eigenvalue weighted by molar-refractivity contribution is 5.69. The Morgan fingerprint density at radius 3 is 2.61 bits per heavy atom. The Balaban J connectivity index is 2.80. The molecule has 0 fully saturated rings. The molecule has 1 aromatic carbocycles. The van der Waals surface area contributed by atoms with Crippen LogP contribution in [0.5, 0.6) is 0 Å². The molecule has 6 heteroatoms. The molecule has 100 valence electrons. The summed E-state index contributed by atoms with van der Waals surface area (Å²) in [6.07, 6.45) is 0.799. The van der Waals surface area contributed by atoms with Crippen molar-refractivity contribution in [2.24, 2.45) is 5.92 Å². The van der Waals surface area contributed by atoms with E-state index in [0.29, 0.717) is 17.3 Å². The molecule has 0 heterocycles. The van der Waals surface area contributed by atoms with Gasteiger partial charge in [-0.05, 0) is 18.4 Å². The lowest BCUT2D eigenvalue weighted by Crippen LogP contribution is -2.26. The Kier molecular flexibility index (Phi) is 4.91. The number of nitrogens with two attached hydrogens (primary N) is 1. The average Bonchev–Trinajstić information content (AvgIpc) is 2.29. The summed E-state index contributed by atoms with van der Waals surface area (Å²) < 4.78 is 0. The fraction of sp³-hybridized carbons (Fsp3) is 0.500. The van der Waals surface area contributed by atoms with Gasteiger partial charge in [-0.1, -0.05) is 13.8 Å². The molecule has 1 atom stereocenters. The smallest absolute Gasteiger partial charge is 0.271 e. The second kappa shape index (κ2) is 6.20. The van der Waals surface area contributed by atoms with Crippen LogP contribution < -0.4 is 11.1 Å². The Morgan fingerprint density at radius 1 is 1.50 bits per heavy atom. The summed E-state index contributed by atoms with van der Waals surface area (Å²) in [5.74, 6) is 0.439. The van der Waals surface area contributed by atoms with E-state index in [9.17, 15) is 15.2 Å².